The SMILES string of the molecule is Cc1cccc(-c2sc(C)nc2C(=O)N2CC[C@@H]2CNC(=O)c2nc3sccn3c2C)c1. The molecule has 1 saturated heterocycles. The van der Waals surface area contributed by atoms with Crippen LogP contribution in [0.25, 0.3) is 15.4 Å². The van der Waals surface area contributed by atoms with Gasteiger partial charge in [0.15, 0.2) is 10.7 Å². The standard InChI is InChI=1S/C23H23N5O2S2/c1-13-5-4-6-16(11-13)20-19(25-15(3)32-20)22(30)28-8-7-17(28)12-24-21(29)18-14(2)27-9-10-31-23(27)26-18/h4-6,9-11,17H,7-8,12H2,1-3H3,(H,24,29)/t17-/m1/s1. The van der Waals surface area contributed by atoms with Gasteiger partial charge in [0.1, 0.15) is 5.69 Å². The van der Waals surface area contributed by atoms with Gasteiger partial charge in [0.05, 0.1) is 21.6 Å². The molecular weight excluding hydrogens is 442 g/mol. The number of thiazole rings is 2. The fraction of sp³-hybridized carbons (Fsp3) is 0.304. The van der Waals surface area contributed by atoms with Crippen LogP contribution in [0.15, 0.2) is 35.8 Å². The maximum atomic E-state index is 13.3. The lowest BCUT2D eigenvalue weighted by Crippen LogP contribution is -2.56. The number of aryl methyl sites for hydroxylation is 3. The Morgan fingerprint density at radius 1 is 1.19 bits per heavy atom. The van der Waals surface area contributed by atoms with Crippen molar-refractivity contribution in [3.05, 3.63) is 63.5 Å². The third-order valence-corrected chi connectivity index (χ3v) is 7.61. The molecule has 9 heteroatoms. The van der Waals surface area contributed by atoms with E-state index < -0.39 is 0 Å². The van der Waals surface area contributed by atoms with Crippen LogP contribution in [0.5, 0.6) is 0 Å². The first-order valence-corrected chi connectivity index (χ1v) is 12.2. The van der Waals surface area contributed by atoms with Gasteiger partial charge in [-0.2, -0.15) is 0 Å². The minimum absolute atomic E-state index is 0.0390. The molecule has 0 unspecified atom stereocenters. The number of fused-ring (bicyclic) bond motifs is 1. The van der Waals surface area contributed by atoms with E-state index in [0.717, 1.165) is 38.1 Å². The predicted octanol–water partition coefficient (Wildman–Crippen LogP) is 4.09. The molecule has 3 aromatic heterocycles. The first-order chi connectivity index (χ1) is 15.4. The molecule has 1 aliphatic rings. The van der Waals surface area contributed by atoms with Crippen molar-refractivity contribution in [3.8, 4) is 10.4 Å². The van der Waals surface area contributed by atoms with E-state index in [2.05, 4.69) is 21.4 Å². The second kappa shape index (κ2) is 8.14. The number of nitrogens with zero attached hydrogens (tertiary/aromatic N) is 4. The average Bonchev–Trinajstić information content (AvgIpc) is 3.43. The van der Waals surface area contributed by atoms with Crippen molar-refractivity contribution < 1.29 is 9.59 Å². The van der Waals surface area contributed by atoms with E-state index in [4.69, 9.17) is 0 Å². The summed E-state index contributed by atoms with van der Waals surface area (Å²) in [6, 6.07) is 8.09. The summed E-state index contributed by atoms with van der Waals surface area (Å²) in [6.07, 6.45) is 2.76. The van der Waals surface area contributed by atoms with E-state index in [9.17, 15) is 9.59 Å². The number of carbonyl (C=O) groups is 2. The van der Waals surface area contributed by atoms with Gasteiger partial charge in [-0.3, -0.25) is 14.0 Å². The Morgan fingerprint density at radius 3 is 2.75 bits per heavy atom. The Hall–Kier alpha value is -3.04. The van der Waals surface area contributed by atoms with E-state index in [1.54, 1.807) is 0 Å². The lowest BCUT2D eigenvalue weighted by molar-refractivity contribution is 0.0451. The van der Waals surface area contributed by atoms with Crippen molar-refractivity contribution in [2.24, 2.45) is 0 Å². The van der Waals surface area contributed by atoms with Gasteiger partial charge in [0, 0.05) is 24.7 Å². The fourth-order valence-electron chi connectivity index (χ4n) is 4.02. The Bertz CT molecular complexity index is 1340. The molecule has 2 amide bonds. The minimum Gasteiger partial charge on any atom is -0.349 e. The average molecular weight is 466 g/mol. The normalized spacial score (nSPS) is 15.7. The first-order valence-electron chi connectivity index (χ1n) is 10.5. The number of rotatable bonds is 5. The molecule has 0 aliphatic carbocycles. The maximum absolute atomic E-state index is 13.3. The number of hydrogen-bond donors (Lipinski definition) is 1. The lowest BCUT2D eigenvalue weighted by atomic mass is 10.0. The molecule has 164 valence electrons. The third kappa shape index (κ3) is 3.61. The molecule has 1 atom stereocenters. The molecule has 0 radical (unpaired) electrons. The van der Waals surface area contributed by atoms with Gasteiger partial charge in [-0.15, -0.1) is 22.7 Å². The highest BCUT2D eigenvalue weighted by Gasteiger charge is 2.35. The maximum Gasteiger partial charge on any atom is 0.274 e. The summed E-state index contributed by atoms with van der Waals surface area (Å²) in [6.45, 7) is 6.92. The zero-order valence-corrected chi connectivity index (χ0v) is 19.7. The van der Waals surface area contributed by atoms with Crippen molar-refractivity contribution in [1.82, 2.24) is 24.6 Å². The molecular formula is C23H23N5O2S2. The monoisotopic (exact) mass is 465 g/mol. The molecule has 0 bridgehead atoms. The van der Waals surface area contributed by atoms with Crippen molar-refractivity contribution >= 4 is 39.4 Å². The molecule has 7 nitrogen and oxygen atoms in total. The number of imidazole rings is 1. The highest BCUT2D eigenvalue weighted by atomic mass is 32.1. The van der Waals surface area contributed by atoms with Gasteiger partial charge in [-0.05, 0) is 32.8 Å². The fourth-order valence-corrected chi connectivity index (χ4v) is 5.68. The Labute approximate surface area is 193 Å². The van der Waals surface area contributed by atoms with E-state index in [1.165, 1.54) is 22.7 Å². The molecule has 5 rings (SSSR count). The van der Waals surface area contributed by atoms with Crippen LogP contribution in [-0.2, 0) is 0 Å². The van der Waals surface area contributed by atoms with Crippen LogP contribution in [0.1, 0.15) is 43.7 Å². The minimum atomic E-state index is -0.206. The van der Waals surface area contributed by atoms with Crippen LogP contribution in [-0.4, -0.2) is 50.2 Å². The van der Waals surface area contributed by atoms with Crippen molar-refractivity contribution in [2.75, 3.05) is 13.1 Å². The molecule has 4 aromatic rings. The molecule has 32 heavy (non-hydrogen) atoms. The highest BCUT2D eigenvalue weighted by Crippen LogP contribution is 2.33. The van der Waals surface area contributed by atoms with Crippen LogP contribution in [0, 0.1) is 20.8 Å². The second-order valence-electron chi connectivity index (χ2n) is 8.03. The quantitative estimate of drug-likeness (QED) is 0.482. The molecule has 1 N–H and O–H groups in total. The second-order valence-corrected chi connectivity index (χ2v) is 10.1. The first kappa shape index (κ1) is 20.8. The van der Waals surface area contributed by atoms with Crippen LogP contribution in [0.3, 0.4) is 0 Å². The molecule has 0 spiro atoms. The number of amides is 2. The van der Waals surface area contributed by atoms with Crippen LogP contribution in [0.2, 0.25) is 0 Å². The number of hydrogen-bond acceptors (Lipinski definition) is 6. The summed E-state index contributed by atoms with van der Waals surface area (Å²) in [4.78, 5) is 38.5. The largest absolute Gasteiger partial charge is 0.349 e. The number of nitrogens with one attached hydrogen (secondary N) is 1. The van der Waals surface area contributed by atoms with Crippen LogP contribution >= 0.6 is 22.7 Å². The Kier molecular flexibility index (Phi) is 5.30. The van der Waals surface area contributed by atoms with E-state index in [1.807, 2.05) is 59.8 Å². The Morgan fingerprint density at radius 2 is 2.03 bits per heavy atom. The number of carbonyl (C=O) groups excluding carboxylic acids is 2. The highest BCUT2D eigenvalue weighted by molar-refractivity contribution is 7.15. The van der Waals surface area contributed by atoms with E-state index in [0.29, 0.717) is 24.5 Å². The number of likely N-dealkylation sites (tertiary alicyclic amines) is 1. The smallest absolute Gasteiger partial charge is 0.274 e. The lowest BCUT2D eigenvalue weighted by Gasteiger charge is -2.40. The predicted molar refractivity (Wildman–Crippen MR) is 127 cm³/mol. The molecule has 0 saturated carbocycles. The number of aromatic nitrogens is 3. The van der Waals surface area contributed by atoms with Gasteiger partial charge in [-0.1, -0.05) is 29.8 Å². The summed E-state index contributed by atoms with van der Waals surface area (Å²) < 4.78 is 1.91. The molecule has 1 aliphatic heterocycles. The van der Waals surface area contributed by atoms with Gasteiger partial charge in [-0.25, -0.2) is 9.97 Å². The van der Waals surface area contributed by atoms with Crippen LogP contribution < -0.4 is 5.32 Å². The summed E-state index contributed by atoms with van der Waals surface area (Å²) in [7, 11) is 0. The van der Waals surface area contributed by atoms with E-state index in [-0.39, 0.29) is 17.9 Å². The zero-order valence-electron chi connectivity index (χ0n) is 18.1. The van der Waals surface area contributed by atoms with Crippen molar-refractivity contribution in [2.45, 2.75) is 33.2 Å². The topological polar surface area (TPSA) is 79.6 Å². The molecule has 4 heterocycles. The van der Waals surface area contributed by atoms with Gasteiger partial charge < -0.3 is 10.2 Å². The summed E-state index contributed by atoms with van der Waals surface area (Å²) in [5.41, 5.74) is 3.91. The van der Waals surface area contributed by atoms with Gasteiger partial charge >= 0.3 is 0 Å². The molecule has 1 aromatic carbocycles. The summed E-state index contributed by atoms with van der Waals surface area (Å²) >= 11 is 3.04. The zero-order chi connectivity index (χ0) is 22.4. The van der Waals surface area contributed by atoms with Gasteiger partial charge in [0.25, 0.3) is 11.8 Å². The van der Waals surface area contributed by atoms with Gasteiger partial charge in [0.2, 0.25) is 0 Å². The Balaban J connectivity index is 1.29. The summed E-state index contributed by atoms with van der Waals surface area (Å²) in [5.74, 6) is -0.280. The third-order valence-electron chi connectivity index (χ3n) is 5.84. The van der Waals surface area contributed by atoms with E-state index >= 15 is 0 Å². The molecule has 1 fully saturated rings. The summed E-state index contributed by atoms with van der Waals surface area (Å²) in [5, 5.41) is 5.78. The van der Waals surface area contributed by atoms with Crippen molar-refractivity contribution in [1.29, 1.82) is 0 Å². The number of benzene rings is 1. The van der Waals surface area contributed by atoms with Crippen molar-refractivity contribution in [3.63, 3.8) is 0 Å². The van der Waals surface area contributed by atoms with Crippen LogP contribution in [0.4, 0.5) is 0 Å².